The third-order valence-corrected chi connectivity index (χ3v) is 4.21. The van der Waals surface area contributed by atoms with Crippen LogP contribution in [-0.2, 0) is 6.42 Å². The van der Waals surface area contributed by atoms with Crippen molar-refractivity contribution in [1.29, 1.82) is 0 Å². The van der Waals surface area contributed by atoms with Crippen LogP contribution in [0.5, 0.6) is 0 Å². The second-order valence-corrected chi connectivity index (χ2v) is 6.49. The average molecular weight is 374 g/mol. The molecule has 1 N–H and O–H groups in total. The summed E-state index contributed by atoms with van der Waals surface area (Å²) in [6.07, 6.45) is 0.540. The van der Waals surface area contributed by atoms with Crippen LogP contribution < -0.4 is 5.32 Å². The zero-order chi connectivity index (χ0) is 19.5. The number of benzene rings is 2. The standard InChI is InChI=1S/C21H18N4O3/c1-13-3-7-16(8-4-13)19-12-18(25-28-19)21(26)22-17-9-5-15(6-10-17)11-20-24-23-14(2)27-20/h3-10,12H,11H2,1-2H3,(H,22,26). The first-order valence-corrected chi connectivity index (χ1v) is 8.80. The summed E-state index contributed by atoms with van der Waals surface area (Å²) in [5.74, 6) is 1.31. The van der Waals surface area contributed by atoms with Gasteiger partial charge in [0, 0.05) is 24.2 Å². The monoisotopic (exact) mass is 374 g/mol. The molecule has 0 saturated carbocycles. The smallest absolute Gasteiger partial charge is 0.277 e. The molecule has 2 aromatic carbocycles. The second-order valence-electron chi connectivity index (χ2n) is 6.49. The molecule has 0 spiro atoms. The van der Waals surface area contributed by atoms with Crippen molar-refractivity contribution >= 4 is 11.6 Å². The quantitative estimate of drug-likeness (QED) is 0.563. The van der Waals surface area contributed by atoms with Gasteiger partial charge in [0.15, 0.2) is 11.5 Å². The number of hydrogen-bond acceptors (Lipinski definition) is 6. The zero-order valence-corrected chi connectivity index (χ0v) is 15.5. The molecule has 7 heteroatoms. The highest BCUT2D eigenvalue weighted by atomic mass is 16.5. The van der Waals surface area contributed by atoms with Crippen LogP contribution in [0.15, 0.2) is 63.5 Å². The highest BCUT2D eigenvalue weighted by molar-refractivity contribution is 6.03. The molecule has 0 aliphatic carbocycles. The van der Waals surface area contributed by atoms with E-state index in [1.165, 1.54) is 0 Å². The van der Waals surface area contributed by atoms with Gasteiger partial charge in [-0.05, 0) is 24.6 Å². The van der Waals surface area contributed by atoms with Gasteiger partial charge in [0.05, 0.1) is 6.42 Å². The fourth-order valence-electron chi connectivity index (χ4n) is 2.72. The van der Waals surface area contributed by atoms with E-state index in [9.17, 15) is 4.79 Å². The van der Waals surface area contributed by atoms with Crippen LogP contribution in [0.1, 0.15) is 33.4 Å². The number of nitrogens with one attached hydrogen (secondary N) is 1. The Bertz CT molecular complexity index is 1100. The van der Waals surface area contributed by atoms with Crippen molar-refractivity contribution < 1.29 is 13.7 Å². The summed E-state index contributed by atoms with van der Waals surface area (Å²) in [5, 5.41) is 14.5. The minimum atomic E-state index is -0.331. The van der Waals surface area contributed by atoms with Gasteiger partial charge >= 0.3 is 0 Å². The maximum absolute atomic E-state index is 12.4. The Morgan fingerprint density at radius 1 is 1.00 bits per heavy atom. The SMILES string of the molecule is Cc1ccc(-c2cc(C(=O)Nc3ccc(Cc4nnc(C)o4)cc3)no2)cc1. The van der Waals surface area contributed by atoms with Gasteiger partial charge in [-0.1, -0.05) is 47.1 Å². The molecule has 0 bridgehead atoms. The maximum Gasteiger partial charge on any atom is 0.277 e. The Kier molecular flexibility index (Phi) is 4.72. The molecule has 28 heavy (non-hydrogen) atoms. The van der Waals surface area contributed by atoms with Crippen LogP contribution >= 0.6 is 0 Å². The lowest BCUT2D eigenvalue weighted by molar-refractivity contribution is 0.101. The fourth-order valence-corrected chi connectivity index (χ4v) is 2.72. The molecule has 0 unspecified atom stereocenters. The van der Waals surface area contributed by atoms with Gasteiger partial charge in [0.25, 0.3) is 5.91 Å². The molecule has 0 aliphatic heterocycles. The molecule has 0 fully saturated rings. The summed E-state index contributed by atoms with van der Waals surface area (Å²) in [5.41, 5.74) is 3.91. The third-order valence-electron chi connectivity index (χ3n) is 4.21. The molecule has 2 heterocycles. The Labute approximate surface area is 161 Å². The molecule has 0 atom stereocenters. The molecule has 0 saturated heterocycles. The largest absolute Gasteiger partial charge is 0.425 e. The summed E-state index contributed by atoms with van der Waals surface area (Å²) in [4.78, 5) is 12.4. The van der Waals surface area contributed by atoms with Crippen LogP contribution in [0.2, 0.25) is 0 Å². The number of nitrogens with zero attached hydrogens (tertiary/aromatic N) is 3. The van der Waals surface area contributed by atoms with Crippen molar-refractivity contribution in [1.82, 2.24) is 15.4 Å². The molecule has 140 valence electrons. The van der Waals surface area contributed by atoms with Crippen LogP contribution in [0.3, 0.4) is 0 Å². The van der Waals surface area contributed by atoms with Crippen LogP contribution in [0.4, 0.5) is 5.69 Å². The van der Waals surface area contributed by atoms with Gasteiger partial charge in [-0.3, -0.25) is 4.79 Å². The minimum Gasteiger partial charge on any atom is -0.425 e. The van der Waals surface area contributed by atoms with Crippen molar-refractivity contribution in [2.24, 2.45) is 0 Å². The molecule has 2 aromatic heterocycles. The number of rotatable bonds is 5. The van der Waals surface area contributed by atoms with Gasteiger partial charge in [-0.25, -0.2) is 0 Å². The molecule has 0 radical (unpaired) electrons. The van der Waals surface area contributed by atoms with Crippen molar-refractivity contribution in [2.75, 3.05) is 5.32 Å². The molecular formula is C21H18N4O3. The summed E-state index contributed by atoms with van der Waals surface area (Å²) in [7, 11) is 0. The number of carbonyl (C=O) groups excluding carboxylic acids is 1. The molecule has 4 rings (SSSR count). The van der Waals surface area contributed by atoms with E-state index in [0.717, 1.165) is 16.7 Å². The highest BCUT2D eigenvalue weighted by Gasteiger charge is 2.14. The molecule has 4 aromatic rings. The second kappa shape index (κ2) is 7.48. The van der Waals surface area contributed by atoms with E-state index in [-0.39, 0.29) is 11.6 Å². The van der Waals surface area contributed by atoms with Crippen molar-refractivity contribution in [3.63, 3.8) is 0 Å². The zero-order valence-electron chi connectivity index (χ0n) is 15.5. The number of aryl methyl sites for hydroxylation is 2. The lowest BCUT2D eigenvalue weighted by atomic mass is 10.1. The predicted octanol–water partition coefficient (Wildman–Crippen LogP) is 4.18. The number of hydrogen-bond donors (Lipinski definition) is 1. The normalized spacial score (nSPS) is 10.8. The molecule has 7 nitrogen and oxygen atoms in total. The number of amides is 1. The average Bonchev–Trinajstić information content (AvgIpc) is 3.33. The first-order valence-electron chi connectivity index (χ1n) is 8.80. The van der Waals surface area contributed by atoms with Crippen LogP contribution in [-0.4, -0.2) is 21.3 Å². The predicted molar refractivity (Wildman–Crippen MR) is 103 cm³/mol. The van der Waals surface area contributed by atoms with Gasteiger partial charge in [-0.2, -0.15) is 0 Å². The van der Waals surface area contributed by atoms with E-state index in [4.69, 9.17) is 8.94 Å². The Hall–Kier alpha value is -3.74. The number of aromatic nitrogens is 3. The number of carbonyl (C=O) groups is 1. The molecule has 1 amide bonds. The van der Waals surface area contributed by atoms with E-state index in [1.807, 2.05) is 55.5 Å². The summed E-state index contributed by atoms with van der Waals surface area (Å²) in [6.45, 7) is 3.76. The van der Waals surface area contributed by atoms with E-state index in [2.05, 4.69) is 20.7 Å². The van der Waals surface area contributed by atoms with Crippen LogP contribution in [0, 0.1) is 13.8 Å². The first-order chi connectivity index (χ1) is 13.6. The topological polar surface area (TPSA) is 94.1 Å². The van der Waals surface area contributed by atoms with Crippen molar-refractivity contribution in [3.8, 4) is 11.3 Å². The Morgan fingerprint density at radius 3 is 2.43 bits per heavy atom. The Balaban J connectivity index is 1.41. The van der Waals surface area contributed by atoms with Crippen molar-refractivity contribution in [3.05, 3.63) is 83.2 Å². The summed E-state index contributed by atoms with van der Waals surface area (Å²) >= 11 is 0. The van der Waals surface area contributed by atoms with Gasteiger partial charge in [-0.15, -0.1) is 10.2 Å². The van der Waals surface area contributed by atoms with Gasteiger partial charge in [0.1, 0.15) is 0 Å². The summed E-state index contributed by atoms with van der Waals surface area (Å²) < 4.78 is 10.7. The van der Waals surface area contributed by atoms with E-state index in [1.54, 1.807) is 13.0 Å². The lowest BCUT2D eigenvalue weighted by Gasteiger charge is -2.04. The highest BCUT2D eigenvalue weighted by Crippen LogP contribution is 2.21. The van der Waals surface area contributed by atoms with E-state index in [0.29, 0.717) is 29.6 Å². The fraction of sp³-hybridized carbons (Fsp3) is 0.143. The van der Waals surface area contributed by atoms with Gasteiger partial charge in [0.2, 0.25) is 11.8 Å². The third kappa shape index (κ3) is 3.98. The van der Waals surface area contributed by atoms with Gasteiger partial charge < -0.3 is 14.3 Å². The van der Waals surface area contributed by atoms with E-state index < -0.39 is 0 Å². The Morgan fingerprint density at radius 2 is 1.75 bits per heavy atom. The summed E-state index contributed by atoms with van der Waals surface area (Å²) in [6, 6.07) is 16.9. The number of anilines is 1. The lowest BCUT2D eigenvalue weighted by Crippen LogP contribution is -2.12. The maximum atomic E-state index is 12.4. The molecule has 0 aliphatic rings. The van der Waals surface area contributed by atoms with Crippen molar-refractivity contribution in [2.45, 2.75) is 20.3 Å². The molecular weight excluding hydrogens is 356 g/mol. The minimum absolute atomic E-state index is 0.223. The van der Waals surface area contributed by atoms with E-state index >= 15 is 0 Å². The van der Waals surface area contributed by atoms with Crippen LogP contribution in [0.25, 0.3) is 11.3 Å². The first kappa shape index (κ1) is 17.7.